The number of hydrogen-bond donors (Lipinski definition) is 2. The molecule has 0 radical (unpaired) electrons. The fourth-order valence-corrected chi connectivity index (χ4v) is 6.38. The molecular formula is C27H36O5. The van der Waals surface area contributed by atoms with E-state index in [1.54, 1.807) is 24.3 Å². The average molecular weight is 441 g/mol. The maximum absolute atomic E-state index is 12.9. The van der Waals surface area contributed by atoms with Gasteiger partial charge in [0.05, 0.1) is 17.6 Å². The summed E-state index contributed by atoms with van der Waals surface area (Å²) in [5.74, 6) is -1.40. The van der Waals surface area contributed by atoms with Gasteiger partial charge < -0.3 is 14.9 Å². The largest absolute Gasteiger partial charge is 0.481 e. The van der Waals surface area contributed by atoms with Crippen LogP contribution in [-0.4, -0.2) is 34.9 Å². The quantitative estimate of drug-likeness (QED) is 0.438. The number of aliphatic hydroxyl groups is 1. The lowest BCUT2D eigenvalue weighted by atomic mass is 9.45. The normalized spacial score (nSPS) is 32.8. The number of benzene rings is 1. The van der Waals surface area contributed by atoms with E-state index in [0.717, 1.165) is 36.8 Å². The first-order valence-corrected chi connectivity index (χ1v) is 11.6. The van der Waals surface area contributed by atoms with Crippen LogP contribution in [0.4, 0.5) is 0 Å². The van der Waals surface area contributed by atoms with Gasteiger partial charge in [-0.1, -0.05) is 55.3 Å². The standard InChI is InChI=1S/C27H36O5/c1-18(13-16-28)11-12-21-19(2)17-22(32-24(29)20-9-6-5-7-10-20)23-26(21,3)14-8-15-27(23,4)25(30)31/h5-7,9-10,13,21-23,28H,2,8,11-12,14-17H2,1,3-4H3,(H,30,31)/t21-,22+,23+,26-,27-/m1/s1. The van der Waals surface area contributed by atoms with Crippen molar-refractivity contribution in [3.05, 3.63) is 59.7 Å². The minimum atomic E-state index is -0.969. The number of hydrogen-bond acceptors (Lipinski definition) is 4. The van der Waals surface area contributed by atoms with E-state index < -0.39 is 23.5 Å². The van der Waals surface area contributed by atoms with E-state index in [9.17, 15) is 19.8 Å². The summed E-state index contributed by atoms with van der Waals surface area (Å²) in [5.41, 5.74) is 1.32. The summed E-state index contributed by atoms with van der Waals surface area (Å²) in [7, 11) is 0. The number of rotatable bonds is 7. The SMILES string of the molecule is C=C1C[C@H](OC(=O)c2ccccc2)[C@H]2[C@](C)(CCC[C@@]2(C)C(=O)O)[C@@H]1CCC(C)=CCO. The highest BCUT2D eigenvalue weighted by Gasteiger charge is 2.61. The molecule has 2 saturated carbocycles. The Bertz CT molecular complexity index is 889. The van der Waals surface area contributed by atoms with Gasteiger partial charge in [-0.3, -0.25) is 4.79 Å². The summed E-state index contributed by atoms with van der Waals surface area (Å²) < 4.78 is 6.03. The van der Waals surface area contributed by atoms with Crippen molar-refractivity contribution >= 4 is 11.9 Å². The number of fused-ring (bicyclic) bond motifs is 1. The lowest BCUT2D eigenvalue weighted by molar-refractivity contribution is -0.177. The lowest BCUT2D eigenvalue weighted by Gasteiger charge is -2.59. The summed E-state index contributed by atoms with van der Waals surface area (Å²) in [6.45, 7) is 10.4. The highest BCUT2D eigenvalue weighted by Crippen LogP contribution is 2.62. The van der Waals surface area contributed by atoms with Crippen LogP contribution in [0.1, 0.15) is 69.7 Å². The number of aliphatic hydroxyl groups excluding tert-OH is 1. The Balaban J connectivity index is 1.96. The zero-order chi connectivity index (χ0) is 23.5. The first kappa shape index (κ1) is 24.2. The molecule has 0 saturated heterocycles. The zero-order valence-electron chi connectivity index (χ0n) is 19.5. The van der Waals surface area contributed by atoms with Crippen LogP contribution in [0.15, 0.2) is 54.1 Å². The van der Waals surface area contributed by atoms with Crippen molar-refractivity contribution in [1.82, 2.24) is 0 Å². The van der Waals surface area contributed by atoms with Crippen molar-refractivity contribution in [2.75, 3.05) is 6.61 Å². The van der Waals surface area contributed by atoms with Crippen molar-refractivity contribution in [2.24, 2.45) is 22.7 Å². The minimum Gasteiger partial charge on any atom is -0.481 e. The molecule has 2 aliphatic carbocycles. The van der Waals surface area contributed by atoms with Crippen molar-refractivity contribution in [3.8, 4) is 0 Å². The van der Waals surface area contributed by atoms with E-state index in [0.29, 0.717) is 18.4 Å². The third kappa shape index (κ3) is 4.54. The van der Waals surface area contributed by atoms with Gasteiger partial charge in [-0.25, -0.2) is 4.79 Å². The van der Waals surface area contributed by atoms with E-state index in [-0.39, 0.29) is 23.9 Å². The van der Waals surface area contributed by atoms with Gasteiger partial charge in [0.1, 0.15) is 6.10 Å². The number of carboxylic acids is 1. The van der Waals surface area contributed by atoms with Crippen LogP contribution in [0.25, 0.3) is 0 Å². The van der Waals surface area contributed by atoms with Gasteiger partial charge in [-0.15, -0.1) is 0 Å². The molecular weight excluding hydrogens is 404 g/mol. The number of ether oxygens (including phenoxy) is 1. The first-order valence-electron chi connectivity index (χ1n) is 11.6. The van der Waals surface area contributed by atoms with Crippen molar-refractivity contribution in [3.63, 3.8) is 0 Å². The third-order valence-electron chi connectivity index (χ3n) is 7.96. The molecule has 2 N–H and O–H groups in total. The monoisotopic (exact) mass is 440 g/mol. The Kier molecular flexibility index (Phi) is 7.29. The highest BCUT2D eigenvalue weighted by atomic mass is 16.5. The highest BCUT2D eigenvalue weighted by molar-refractivity contribution is 5.89. The number of carbonyl (C=O) groups excluding carboxylic acids is 1. The second-order valence-electron chi connectivity index (χ2n) is 10.1. The Labute approximate surface area is 191 Å². The average Bonchev–Trinajstić information content (AvgIpc) is 2.73. The van der Waals surface area contributed by atoms with Crippen LogP contribution in [0.2, 0.25) is 0 Å². The van der Waals surface area contributed by atoms with E-state index in [1.807, 2.05) is 26.0 Å². The summed E-state index contributed by atoms with van der Waals surface area (Å²) in [6, 6.07) is 8.86. The Hall–Kier alpha value is -2.40. The van der Waals surface area contributed by atoms with E-state index in [2.05, 4.69) is 13.5 Å². The van der Waals surface area contributed by atoms with E-state index in [1.165, 1.54) is 0 Å². The fraction of sp³-hybridized carbons (Fsp3) is 0.556. The van der Waals surface area contributed by atoms with Crippen LogP contribution in [-0.2, 0) is 9.53 Å². The summed E-state index contributed by atoms with van der Waals surface area (Å²) in [5, 5.41) is 19.5. The minimum absolute atomic E-state index is 0.0198. The Morgan fingerprint density at radius 2 is 1.91 bits per heavy atom. The van der Waals surface area contributed by atoms with Crippen LogP contribution in [0.5, 0.6) is 0 Å². The Morgan fingerprint density at radius 1 is 1.22 bits per heavy atom. The molecule has 0 aliphatic heterocycles. The van der Waals surface area contributed by atoms with Gasteiger partial charge in [-0.2, -0.15) is 0 Å². The molecule has 5 heteroatoms. The smallest absolute Gasteiger partial charge is 0.338 e. The molecule has 5 nitrogen and oxygen atoms in total. The van der Waals surface area contributed by atoms with Gasteiger partial charge >= 0.3 is 11.9 Å². The molecule has 0 spiro atoms. The molecule has 32 heavy (non-hydrogen) atoms. The molecule has 0 bridgehead atoms. The molecule has 0 unspecified atom stereocenters. The van der Waals surface area contributed by atoms with Crippen molar-refractivity contribution in [2.45, 2.75) is 65.4 Å². The van der Waals surface area contributed by atoms with Gasteiger partial charge in [0, 0.05) is 12.3 Å². The van der Waals surface area contributed by atoms with E-state index in [4.69, 9.17) is 4.74 Å². The van der Waals surface area contributed by atoms with Gasteiger partial charge in [0.25, 0.3) is 0 Å². The van der Waals surface area contributed by atoms with Crippen molar-refractivity contribution in [1.29, 1.82) is 0 Å². The topological polar surface area (TPSA) is 83.8 Å². The summed E-state index contributed by atoms with van der Waals surface area (Å²) in [6.07, 6.45) is 5.73. The lowest BCUT2D eigenvalue weighted by Crippen LogP contribution is -2.59. The third-order valence-corrected chi connectivity index (χ3v) is 7.96. The summed E-state index contributed by atoms with van der Waals surface area (Å²) in [4.78, 5) is 25.4. The number of allylic oxidation sites excluding steroid dienone is 1. The number of carboxylic acid groups (broad SMARTS) is 1. The fourth-order valence-electron chi connectivity index (χ4n) is 6.38. The molecule has 3 rings (SSSR count). The molecule has 2 fully saturated rings. The Morgan fingerprint density at radius 3 is 2.53 bits per heavy atom. The molecule has 2 aliphatic rings. The van der Waals surface area contributed by atoms with Gasteiger partial charge in [-0.05, 0) is 63.0 Å². The van der Waals surface area contributed by atoms with Crippen molar-refractivity contribution < 1.29 is 24.5 Å². The molecule has 5 atom stereocenters. The maximum atomic E-state index is 12.9. The van der Waals surface area contributed by atoms with Gasteiger partial charge in [0.2, 0.25) is 0 Å². The molecule has 1 aromatic rings. The maximum Gasteiger partial charge on any atom is 0.338 e. The van der Waals surface area contributed by atoms with Crippen LogP contribution >= 0.6 is 0 Å². The number of carbonyl (C=O) groups is 2. The predicted octanol–water partition coefficient (Wildman–Crippen LogP) is 5.40. The van der Waals surface area contributed by atoms with Crippen LogP contribution in [0.3, 0.4) is 0 Å². The van der Waals surface area contributed by atoms with Crippen LogP contribution < -0.4 is 0 Å². The molecule has 1 aromatic carbocycles. The molecule has 174 valence electrons. The predicted molar refractivity (Wildman–Crippen MR) is 124 cm³/mol. The zero-order valence-corrected chi connectivity index (χ0v) is 19.5. The van der Waals surface area contributed by atoms with E-state index >= 15 is 0 Å². The number of aliphatic carboxylic acids is 1. The summed E-state index contributed by atoms with van der Waals surface area (Å²) >= 11 is 0. The number of esters is 1. The first-order chi connectivity index (χ1) is 15.1. The second-order valence-corrected chi connectivity index (χ2v) is 10.1. The van der Waals surface area contributed by atoms with Crippen LogP contribution in [0, 0.1) is 22.7 Å². The second kappa shape index (κ2) is 9.62. The molecule has 0 aromatic heterocycles. The molecule has 0 heterocycles. The molecule has 0 amide bonds. The van der Waals surface area contributed by atoms with Gasteiger partial charge in [0.15, 0.2) is 0 Å².